The number of nitrogens with one attached hydrogen (secondary N) is 10. The van der Waals surface area contributed by atoms with Crippen LogP contribution in [0.5, 0.6) is 5.75 Å². The van der Waals surface area contributed by atoms with E-state index < -0.39 is 47.9 Å². The minimum absolute atomic E-state index is 0.0630. The molecule has 0 radical (unpaired) electrons. The van der Waals surface area contributed by atoms with Gasteiger partial charge in [0.05, 0.1) is 18.1 Å². The molecule has 0 aromatic heterocycles. The van der Waals surface area contributed by atoms with Gasteiger partial charge in [0.15, 0.2) is 0 Å². The number of benzene rings is 2. The normalized spacial score (nSPS) is 18.6. The SMILES string of the molecule is CNCCC[C@@H]1NC(=O)[C@@H](NC)Cc2cc(ccc2O)-c2cccc(c2)C[C@@H](C(=O)NCC[C@H](NC)C(=O)NCC[C@H](NC)C(=O)NCCNC)NC1=O. The summed E-state index contributed by atoms with van der Waals surface area (Å²) in [5.41, 5.74) is 3.05. The lowest BCUT2D eigenvalue weighted by Gasteiger charge is -2.25. The van der Waals surface area contributed by atoms with Gasteiger partial charge < -0.3 is 58.3 Å². The molecule has 3 rings (SSSR count). The molecule has 11 N–H and O–H groups in total. The second kappa shape index (κ2) is 23.2. The first kappa shape index (κ1) is 43.8. The first-order valence-corrected chi connectivity index (χ1v) is 18.7. The molecule has 5 amide bonds. The van der Waals surface area contributed by atoms with Gasteiger partial charge in [0.1, 0.15) is 17.8 Å². The van der Waals surface area contributed by atoms with Crippen molar-refractivity contribution in [3.63, 3.8) is 0 Å². The van der Waals surface area contributed by atoms with Gasteiger partial charge in [-0.2, -0.15) is 0 Å². The highest BCUT2D eigenvalue weighted by Crippen LogP contribution is 2.28. The van der Waals surface area contributed by atoms with E-state index in [1.54, 1.807) is 47.4 Å². The van der Waals surface area contributed by atoms with Crippen molar-refractivity contribution in [2.45, 2.75) is 68.7 Å². The molecule has 0 unspecified atom stereocenters. The van der Waals surface area contributed by atoms with Gasteiger partial charge in [-0.3, -0.25) is 24.0 Å². The Balaban J connectivity index is 1.76. The van der Waals surface area contributed by atoms with Crippen LogP contribution < -0.4 is 53.2 Å². The predicted octanol–water partition coefficient (Wildman–Crippen LogP) is -1.76. The molecular formula is C38H60N10O6. The molecule has 0 aliphatic carbocycles. The molecular weight excluding hydrogens is 692 g/mol. The van der Waals surface area contributed by atoms with Crippen LogP contribution in [0.4, 0.5) is 0 Å². The number of rotatable bonds is 19. The van der Waals surface area contributed by atoms with E-state index in [-0.39, 0.29) is 49.9 Å². The number of carbonyl (C=O) groups excluding carboxylic acids is 5. The average Bonchev–Trinajstić information content (AvgIpc) is 3.16. The van der Waals surface area contributed by atoms with Crippen molar-refractivity contribution in [3.05, 3.63) is 53.6 Å². The monoisotopic (exact) mass is 752 g/mol. The highest BCUT2D eigenvalue weighted by molar-refractivity contribution is 5.93. The summed E-state index contributed by atoms with van der Waals surface area (Å²) in [7, 11) is 8.60. The van der Waals surface area contributed by atoms with Crippen LogP contribution >= 0.6 is 0 Å². The molecule has 2 aromatic carbocycles. The van der Waals surface area contributed by atoms with Gasteiger partial charge >= 0.3 is 0 Å². The molecule has 0 saturated carbocycles. The summed E-state index contributed by atoms with van der Waals surface area (Å²) >= 11 is 0. The Morgan fingerprint density at radius 3 is 2.04 bits per heavy atom. The van der Waals surface area contributed by atoms with Crippen molar-refractivity contribution in [3.8, 4) is 16.9 Å². The Morgan fingerprint density at radius 2 is 1.39 bits per heavy atom. The van der Waals surface area contributed by atoms with E-state index in [2.05, 4.69) is 53.2 Å². The smallest absolute Gasteiger partial charge is 0.243 e. The second-order valence-corrected chi connectivity index (χ2v) is 13.4. The Morgan fingerprint density at radius 1 is 0.741 bits per heavy atom. The molecule has 16 nitrogen and oxygen atoms in total. The van der Waals surface area contributed by atoms with E-state index in [9.17, 15) is 29.1 Å². The fourth-order valence-electron chi connectivity index (χ4n) is 6.27. The van der Waals surface area contributed by atoms with Crippen molar-refractivity contribution >= 4 is 29.5 Å². The first-order valence-electron chi connectivity index (χ1n) is 18.7. The Labute approximate surface area is 318 Å². The molecule has 0 fully saturated rings. The quantitative estimate of drug-likeness (QED) is 0.0722. The van der Waals surface area contributed by atoms with Crippen molar-refractivity contribution in [2.24, 2.45) is 0 Å². The van der Waals surface area contributed by atoms with Gasteiger partial charge in [-0.1, -0.05) is 30.3 Å². The van der Waals surface area contributed by atoms with E-state index in [0.29, 0.717) is 44.5 Å². The van der Waals surface area contributed by atoms with Crippen LogP contribution in [0.25, 0.3) is 11.1 Å². The van der Waals surface area contributed by atoms with Crippen molar-refractivity contribution in [2.75, 3.05) is 68.0 Å². The molecule has 16 heteroatoms. The van der Waals surface area contributed by atoms with E-state index >= 15 is 0 Å². The third-order valence-electron chi connectivity index (χ3n) is 9.52. The fourth-order valence-corrected chi connectivity index (χ4v) is 6.27. The summed E-state index contributed by atoms with van der Waals surface area (Å²) in [5, 5.41) is 40.1. The van der Waals surface area contributed by atoms with E-state index in [1.807, 2.05) is 30.3 Å². The fraction of sp³-hybridized carbons (Fsp3) is 0.553. The van der Waals surface area contributed by atoms with Crippen molar-refractivity contribution in [1.29, 1.82) is 0 Å². The lowest BCUT2D eigenvalue weighted by Crippen LogP contribution is -2.57. The minimum Gasteiger partial charge on any atom is -0.508 e. The number of hydrogen-bond acceptors (Lipinski definition) is 11. The number of aromatic hydroxyl groups is 1. The highest BCUT2D eigenvalue weighted by atomic mass is 16.3. The molecule has 0 saturated heterocycles. The number of hydrogen-bond donors (Lipinski definition) is 11. The maximum atomic E-state index is 13.8. The van der Waals surface area contributed by atoms with E-state index in [0.717, 1.165) is 16.7 Å². The third-order valence-corrected chi connectivity index (χ3v) is 9.52. The zero-order chi connectivity index (χ0) is 39.5. The van der Waals surface area contributed by atoms with Crippen LogP contribution in [0.1, 0.15) is 36.8 Å². The van der Waals surface area contributed by atoms with Crippen LogP contribution in [0, 0.1) is 0 Å². The minimum atomic E-state index is -0.989. The molecule has 5 atom stereocenters. The Kier molecular flexibility index (Phi) is 18.8. The van der Waals surface area contributed by atoms with Gasteiger partial charge in [0.25, 0.3) is 0 Å². The van der Waals surface area contributed by atoms with Gasteiger partial charge in [-0.25, -0.2) is 0 Å². The van der Waals surface area contributed by atoms with Crippen LogP contribution in [0.3, 0.4) is 0 Å². The highest BCUT2D eigenvalue weighted by Gasteiger charge is 2.30. The summed E-state index contributed by atoms with van der Waals surface area (Å²) in [5.74, 6) is -1.69. The summed E-state index contributed by atoms with van der Waals surface area (Å²) in [6, 6.07) is 9.13. The molecule has 54 heavy (non-hydrogen) atoms. The van der Waals surface area contributed by atoms with Crippen LogP contribution in [-0.4, -0.2) is 133 Å². The van der Waals surface area contributed by atoms with Crippen LogP contribution in [0.15, 0.2) is 42.5 Å². The van der Waals surface area contributed by atoms with Crippen molar-refractivity contribution in [1.82, 2.24) is 53.2 Å². The summed E-state index contributed by atoms with van der Waals surface area (Å²) < 4.78 is 0. The predicted molar refractivity (Wildman–Crippen MR) is 209 cm³/mol. The van der Waals surface area contributed by atoms with E-state index in [4.69, 9.17) is 0 Å². The number of amides is 5. The van der Waals surface area contributed by atoms with Gasteiger partial charge in [-0.15, -0.1) is 0 Å². The summed E-state index contributed by atoms with van der Waals surface area (Å²) in [6.45, 7) is 2.17. The van der Waals surface area contributed by atoms with E-state index in [1.165, 1.54) is 0 Å². The largest absolute Gasteiger partial charge is 0.508 e. The molecule has 1 aliphatic heterocycles. The van der Waals surface area contributed by atoms with Crippen LogP contribution in [-0.2, 0) is 36.8 Å². The molecule has 1 heterocycles. The number of fused-ring (bicyclic) bond motifs is 5. The summed E-state index contributed by atoms with van der Waals surface area (Å²) in [4.78, 5) is 66.6. The lowest BCUT2D eigenvalue weighted by atomic mass is 9.96. The average molecular weight is 753 g/mol. The molecule has 0 spiro atoms. The third kappa shape index (κ3) is 13.7. The summed E-state index contributed by atoms with van der Waals surface area (Å²) in [6.07, 6.45) is 1.93. The second-order valence-electron chi connectivity index (χ2n) is 13.4. The number of likely N-dealkylation sites (N-methyl/N-ethyl adjacent to an activating group) is 4. The molecule has 298 valence electrons. The maximum absolute atomic E-state index is 13.8. The molecule has 1 aliphatic rings. The van der Waals surface area contributed by atoms with Gasteiger partial charge in [0, 0.05) is 39.0 Å². The van der Waals surface area contributed by atoms with Gasteiger partial charge in [0.2, 0.25) is 29.5 Å². The zero-order valence-electron chi connectivity index (χ0n) is 32.2. The van der Waals surface area contributed by atoms with Crippen LogP contribution in [0.2, 0.25) is 0 Å². The van der Waals surface area contributed by atoms with Gasteiger partial charge in [-0.05, 0) is 102 Å². The Bertz CT molecular complexity index is 1540. The topological polar surface area (TPSA) is 226 Å². The Hall–Kier alpha value is -4.61. The first-order chi connectivity index (χ1) is 26.0. The number of phenols is 1. The molecule has 2 aromatic rings. The standard InChI is InChI=1S/C38H60N10O6/c1-39-15-7-10-30-37(53)48-32(36(52)45-17-14-28(41-3)34(50)44-16-13-29(42-4)35(51)46-19-18-40-2)21-24-8-6-9-25(20-24)26-11-12-33(49)27(22-26)23-31(43-5)38(54)47-30/h6,8-9,11-12,20,22,28-32,39-43,49H,7,10,13-19,21,23H2,1-5H3,(H,44,50)(H,45,52)(H,46,51)(H,47,54)(H,48,53)/t28-,29-,30-,31-,32-/m0/s1. The number of phenolic OH excluding ortho intramolecular Hbond substituents is 1. The zero-order valence-corrected chi connectivity index (χ0v) is 32.2. The number of carbonyl (C=O) groups is 5. The molecule has 4 bridgehead atoms. The van der Waals surface area contributed by atoms with Crippen molar-refractivity contribution < 1.29 is 29.1 Å². The lowest BCUT2D eigenvalue weighted by molar-refractivity contribution is -0.132. The maximum Gasteiger partial charge on any atom is 0.243 e.